The van der Waals surface area contributed by atoms with Crippen LogP contribution in [0.3, 0.4) is 0 Å². The number of hydrogen-bond acceptors (Lipinski definition) is 6. The number of methoxy groups -OCH3 is 1. The van der Waals surface area contributed by atoms with Crippen LogP contribution >= 0.6 is 0 Å². The first kappa shape index (κ1) is 13.7. The van der Waals surface area contributed by atoms with Crippen LogP contribution in [0.2, 0.25) is 0 Å². The summed E-state index contributed by atoms with van der Waals surface area (Å²) in [5, 5.41) is 13.6. The first-order valence-corrected chi connectivity index (χ1v) is 5.60. The summed E-state index contributed by atoms with van der Waals surface area (Å²) >= 11 is 0. The lowest BCUT2D eigenvalue weighted by Gasteiger charge is -2.07. The number of anilines is 1. The topological polar surface area (TPSA) is 90.2 Å². The zero-order valence-electron chi connectivity index (χ0n) is 10.8. The Morgan fingerprint density at radius 3 is 2.75 bits per heavy atom. The lowest BCUT2D eigenvalue weighted by atomic mass is 10.1. The van der Waals surface area contributed by atoms with E-state index < -0.39 is 10.7 Å². The maximum absolute atomic E-state index is 14.0. The maximum Gasteiger partial charge on any atom is 0.313 e. The van der Waals surface area contributed by atoms with Crippen molar-refractivity contribution in [2.45, 2.75) is 0 Å². The number of nitrogens with zero attached hydrogens (tertiary/aromatic N) is 3. The van der Waals surface area contributed by atoms with Crippen molar-refractivity contribution in [2.24, 2.45) is 0 Å². The molecule has 0 saturated heterocycles. The summed E-state index contributed by atoms with van der Waals surface area (Å²) in [6, 6.07) is 4.02. The number of ether oxygens (including phenoxy) is 1. The Morgan fingerprint density at radius 2 is 2.20 bits per heavy atom. The Kier molecular flexibility index (Phi) is 3.74. The number of aromatic nitrogens is 2. The summed E-state index contributed by atoms with van der Waals surface area (Å²) in [5.41, 5.74) is -0.445. The van der Waals surface area contributed by atoms with Gasteiger partial charge in [0.2, 0.25) is 5.95 Å². The molecule has 0 radical (unpaired) electrons. The fourth-order valence-corrected chi connectivity index (χ4v) is 1.64. The van der Waals surface area contributed by atoms with Gasteiger partial charge in [-0.3, -0.25) is 10.1 Å². The minimum absolute atomic E-state index is 0.0106. The molecular formula is C12H11FN4O3. The van der Waals surface area contributed by atoms with E-state index in [2.05, 4.69) is 15.3 Å². The van der Waals surface area contributed by atoms with Gasteiger partial charge in [0.15, 0.2) is 5.69 Å². The third kappa shape index (κ3) is 2.48. The van der Waals surface area contributed by atoms with E-state index in [1.54, 1.807) is 7.05 Å². The Morgan fingerprint density at radius 1 is 1.45 bits per heavy atom. The van der Waals surface area contributed by atoms with Crippen molar-refractivity contribution < 1.29 is 14.1 Å². The highest BCUT2D eigenvalue weighted by Gasteiger charge is 2.21. The molecule has 0 bridgehead atoms. The van der Waals surface area contributed by atoms with Crippen LogP contribution in [-0.2, 0) is 0 Å². The van der Waals surface area contributed by atoms with E-state index in [4.69, 9.17) is 4.74 Å². The van der Waals surface area contributed by atoms with Gasteiger partial charge in [-0.1, -0.05) is 0 Å². The Hall–Kier alpha value is -2.77. The number of nitro groups is 1. The number of halogens is 1. The van der Waals surface area contributed by atoms with Gasteiger partial charge in [0.25, 0.3) is 0 Å². The van der Waals surface area contributed by atoms with Crippen LogP contribution in [-0.4, -0.2) is 29.0 Å². The molecule has 0 fully saturated rings. The minimum Gasteiger partial charge on any atom is -0.497 e. The van der Waals surface area contributed by atoms with Gasteiger partial charge in [-0.2, -0.15) is 0 Å². The van der Waals surface area contributed by atoms with E-state index >= 15 is 0 Å². The quantitative estimate of drug-likeness (QED) is 0.681. The molecule has 0 spiro atoms. The van der Waals surface area contributed by atoms with Crippen molar-refractivity contribution in [1.82, 2.24) is 9.97 Å². The van der Waals surface area contributed by atoms with Crippen LogP contribution in [0, 0.1) is 15.9 Å². The van der Waals surface area contributed by atoms with E-state index in [-0.39, 0.29) is 22.9 Å². The van der Waals surface area contributed by atoms with Crippen LogP contribution in [0.5, 0.6) is 5.75 Å². The average Bonchev–Trinajstić information content (AvgIpc) is 2.46. The average molecular weight is 278 g/mol. The maximum atomic E-state index is 14.0. The highest BCUT2D eigenvalue weighted by Crippen LogP contribution is 2.31. The fourth-order valence-electron chi connectivity index (χ4n) is 1.64. The highest BCUT2D eigenvalue weighted by molar-refractivity contribution is 5.71. The Bertz CT molecular complexity index is 663. The van der Waals surface area contributed by atoms with Gasteiger partial charge in [0.1, 0.15) is 17.8 Å². The van der Waals surface area contributed by atoms with Crippen molar-refractivity contribution >= 4 is 11.6 Å². The molecule has 0 saturated carbocycles. The molecule has 0 atom stereocenters. The summed E-state index contributed by atoms with van der Waals surface area (Å²) in [6.45, 7) is 0. The van der Waals surface area contributed by atoms with Crippen molar-refractivity contribution in [3.8, 4) is 17.0 Å². The van der Waals surface area contributed by atoms with E-state index in [1.165, 1.54) is 19.2 Å². The molecular weight excluding hydrogens is 267 g/mol. The largest absolute Gasteiger partial charge is 0.497 e. The molecule has 2 aromatic rings. The molecule has 0 aliphatic rings. The second kappa shape index (κ2) is 5.47. The first-order chi connectivity index (χ1) is 9.56. The molecule has 0 aliphatic carbocycles. The second-order valence-electron chi connectivity index (χ2n) is 3.78. The number of benzene rings is 1. The predicted octanol–water partition coefficient (Wildman–Crippen LogP) is 2.24. The van der Waals surface area contributed by atoms with Gasteiger partial charge in [-0.25, -0.2) is 14.4 Å². The molecule has 20 heavy (non-hydrogen) atoms. The molecule has 7 nitrogen and oxygen atoms in total. The van der Waals surface area contributed by atoms with Gasteiger partial charge in [-0.05, 0) is 12.1 Å². The molecule has 0 amide bonds. The van der Waals surface area contributed by atoms with E-state index in [1.807, 2.05) is 0 Å². The monoisotopic (exact) mass is 278 g/mol. The predicted molar refractivity (Wildman–Crippen MR) is 70.2 cm³/mol. The first-order valence-electron chi connectivity index (χ1n) is 5.60. The summed E-state index contributed by atoms with van der Waals surface area (Å²) in [5.74, 6) is -0.175. The van der Waals surface area contributed by atoms with Gasteiger partial charge in [-0.15, -0.1) is 0 Å². The van der Waals surface area contributed by atoms with Gasteiger partial charge in [0, 0.05) is 18.7 Å². The molecule has 8 heteroatoms. The Labute approximate surface area is 113 Å². The van der Waals surface area contributed by atoms with Crippen LogP contribution in [0.4, 0.5) is 16.0 Å². The third-order valence-corrected chi connectivity index (χ3v) is 2.62. The van der Waals surface area contributed by atoms with Gasteiger partial charge < -0.3 is 10.1 Å². The molecule has 1 aromatic heterocycles. The van der Waals surface area contributed by atoms with Gasteiger partial charge in [0.05, 0.1) is 12.0 Å². The highest BCUT2D eigenvalue weighted by atomic mass is 19.1. The third-order valence-electron chi connectivity index (χ3n) is 2.62. The summed E-state index contributed by atoms with van der Waals surface area (Å²) in [7, 11) is 2.97. The van der Waals surface area contributed by atoms with E-state index in [9.17, 15) is 14.5 Å². The molecule has 104 valence electrons. The number of hydrogen-bond donors (Lipinski definition) is 1. The lowest BCUT2D eigenvalue weighted by molar-refractivity contribution is -0.384. The summed E-state index contributed by atoms with van der Waals surface area (Å²) in [4.78, 5) is 18.0. The molecule has 1 aromatic carbocycles. The van der Waals surface area contributed by atoms with Crippen molar-refractivity contribution in [3.63, 3.8) is 0 Å². The summed E-state index contributed by atoms with van der Waals surface area (Å²) in [6.07, 6.45) is 1.04. The SMILES string of the molecule is CNc1ncc([N+](=O)[O-])c(-c2ccc(OC)cc2F)n1. The standard InChI is InChI=1S/C12H11FN4O3/c1-14-12-15-6-10(17(18)19)11(16-12)8-4-3-7(20-2)5-9(8)13/h3-6H,1-2H3,(H,14,15,16). The molecule has 0 unspecified atom stereocenters. The van der Waals surface area contributed by atoms with Crippen molar-refractivity contribution in [1.29, 1.82) is 0 Å². The summed E-state index contributed by atoms with van der Waals surface area (Å²) < 4.78 is 18.9. The Balaban J connectivity index is 2.63. The minimum atomic E-state index is -0.659. The van der Waals surface area contributed by atoms with Crippen molar-refractivity contribution in [2.75, 3.05) is 19.5 Å². The van der Waals surface area contributed by atoms with Crippen LogP contribution in [0.1, 0.15) is 0 Å². The molecule has 2 rings (SSSR count). The van der Waals surface area contributed by atoms with E-state index in [0.717, 1.165) is 12.3 Å². The number of nitrogens with one attached hydrogen (secondary N) is 1. The zero-order chi connectivity index (χ0) is 14.7. The second-order valence-corrected chi connectivity index (χ2v) is 3.78. The normalized spacial score (nSPS) is 10.2. The van der Waals surface area contributed by atoms with Crippen LogP contribution < -0.4 is 10.1 Å². The van der Waals surface area contributed by atoms with Crippen LogP contribution in [0.15, 0.2) is 24.4 Å². The zero-order valence-corrected chi connectivity index (χ0v) is 10.8. The molecule has 0 aliphatic heterocycles. The van der Waals surface area contributed by atoms with Gasteiger partial charge >= 0.3 is 5.69 Å². The van der Waals surface area contributed by atoms with Crippen molar-refractivity contribution in [3.05, 3.63) is 40.3 Å². The smallest absolute Gasteiger partial charge is 0.313 e. The number of rotatable bonds is 4. The molecule has 1 heterocycles. The fraction of sp³-hybridized carbons (Fsp3) is 0.167. The van der Waals surface area contributed by atoms with Crippen LogP contribution in [0.25, 0.3) is 11.3 Å². The van der Waals surface area contributed by atoms with E-state index in [0.29, 0.717) is 5.75 Å². The molecule has 1 N–H and O–H groups in total. The lowest BCUT2D eigenvalue weighted by Crippen LogP contribution is -2.02.